The van der Waals surface area contributed by atoms with Gasteiger partial charge in [-0.15, -0.1) is 11.3 Å². The number of piperidine rings is 1. The van der Waals surface area contributed by atoms with Gasteiger partial charge in [-0.05, 0) is 50.0 Å². The Morgan fingerprint density at radius 3 is 2.64 bits per heavy atom. The van der Waals surface area contributed by atoms with Crippen LogP contribution >= 0.6 is 11.3 Å². The molecule has 0 saturated carbocycles. The number of aliphatic hydroxyl groups excluding tert-OH is 1. The molecule has 2 aromatic carbocycles. The van der Waals surface area contributed by atoms with E-state index in [-0.39, 0.29) is 0 Å². The molecule has 1 aliphatic rings. The highest BCUT2D eigenvalue weighted by Crippen LogP contribution is 2.32. The average molecular weight is 353 g/mol. The van der Waals surface area contributed by atoms with Crippen LogP contribution in [0.25, 0.3) is 20.8 Å². The molecule has 1 atom stereocenters. The Bertz CT molecular complexity index is 824. The monoisotopic (exact) mass is 352 g/mol. The Kier molecular flexibility index (Phi) is 5.11. The number of rotatable bonds is 5. The van der Waals surface area contributed by atoms with Crippen LogP contribution in [0.3, 0.4) is 0 Å². The van der Waals surface area contributed by atoms with E-state index in [0.717, 1.165) is 39.3 Å². The Hall–Kier alpha value is -1.75. The molecule has 0 amide bonds. The van der Waals surface area contributed by atoms with Gasteiger partial charge in [0.05, 0.1) is 16.3 Å². The van der Waals surface area contributed by atoms with E-state index in [1.807, 2.05) is 30.3 Å². The molecule has 1 unspecified atom stereocenters. The van der Waals surface area contributed by atoms with E-state index < -0.39 is 6.10 Å². The third-order valence-electron chi connectivity index (χ3n) is 4.99. The number of hydrogen-bond acceptors (Lipinski definition) is 4. The molecule has 0 bridgehead atoms. The number of likely N-dealkylation sites (tertiary alicyclic amines) is 1. The Labute approximate surface area is 152 Å². The van der Waals surface area contributed by atoms with Crippen LogP contribution in [0, 0.1) is 0 Å². The zero-order valence-electron chi connectivity index (χ0n) is 14.4. The maximum atomic E-state index is 10.6. The van der Waals surface area contributed by atoms with Gasteiger partial charge in [-0.3, -0.25) is 0 Å². The molecule has 2 heterocycles. The smallest absolute Gasteiger partial charge is 0.124 e. The maximum absolute atomic E-state index is 10.6. The van der Waals surface area contributed by atoms with Gasteiger partial charge in [0.25, 0.3) is 0 Å². The van der Waals surface area contributed by atoms with Gasteiger partial charge in [0.2, 0.25) is 0 Å². The fourth-order valence-electron chi connectivity index (χ4n) is 3.51. The van der Waals surface area contributed by atoms with Crippen LogP contribution < -0.4 is 0 Å². The van der Waals surface area contributed by atoms with E-state index in [0.29, 0.717) is 0 Å². The maximum Gasteiger partial charge on any atom is 0.124 e. The van der Waals surface area contributed by atoms with Crippen LogP contribution in [-0.2, 0) is 0 Å². The molecule has 1 N–H and O–H groups in total. The summed E-state index contributed by atoms with van der Waals surface area (Å²) in [7, 11) is 0. The molecular formula is C21H24N2OS. The largest absolute Gasteiger partial charge is 0.388 e. The lowest BCUT2D eigenvalue weighted by Gasteiger charge is -2.27. The molecule has 0 spiro atoms. The van der Waals surface area contributed by atoms with Crippen molar-refractivity contribution in [1.29, 1.82) is 0 Å². The van der Waals surface area contributed by atoms with E-state index in [2.05, 4.69) is 23.1 Å². The molecule has 4 rings (SSSR count). The fraction of sp³-hybridized carbons (Fsp3) is 0.381. The molecule has 4 heteroatoms. The minimum absolute atomic E-state index is 0.395. The number of aliphatic hydroxyl groups is 1. The standard InChI is InChI=1S/C21H24N2OS/c24-19(11-14-23-12-5-2-6-13-23)17-9-10-18-20(15-17)25-21(22-18)16-7-3-1-4-8-16/h1,3-4,7-10,15,19,24H,2,5-6,11-14H2. The van der Waals surface area contributed by atoms with Crippen LogP contribution in [0.1, 0.15) is 37.4 Å². The van der Waals surface area contributed by atoms with E-state index >= 15 is 0 Å². The van der Waals surface area contributed by atoms with E-state index in [4.69, 9.17) is 4.98 Å². The van der Waals surface area contributed by atoms with E-state index in [9.17, 15) is 5.11 Å². The van der Waals surface area contributed by atoms with Crippen molar-refractivity contribution < 1.29 is 5.11 Å². The summed E-state index contributed by atoms with van der Waals surface area (Å²) in [5, 5.41) is 11.6. The Morgan fingerprint density at radius 2 is 1.84 bits per heavy atom. The van der Waals surface area contributed by atoms with Gasteiger partial charge >= 0.3 is 0 Å². The van der Waals surface area contributed by atoms with Crippen molar-refractivity contribution in [1.82, 2.24) is 9.88 Å². The van der Waals surface area contributed by atoms with Crippen LogP contribution in [0.15, 0.2) is 48.5 Å². The third-order valence-corrected chi connectivity index (χ3v) is 6.05. The molecule has 0 radical (unpaired) electrons. The van der Waals surface area contributed by atoms with E-state index in [1.165, 1.54) is 32.4 Å². The van der Waals surface area contributed by atoms with Gasteiger partial charge in [-0.2, -0.15) is 0 Å². The van der Waals surface area contributed by atoms with Gasteiger partial charge in [-0.25, -0.2) is 4.98 Å². The van der Waals surface area contributed by atoms with Crippen molar-refractivity contribution in [2.24, 2.45) is 0 Å². The van der Waals surface area contributed by atoms with Crippen LogP contribution in [0.2, 0.25) is 0 Å². The SMILES string of the molecule is OC(CCN1CCCCC1)c1ccc2nc(-c3ccccc3)sc2c1. The molecule has 25 heavy (non-hydrogen) atoms. The van der Waals surface area contributed by atoms with Crippen molar-refractivity contribution in [3.05, 3.63) is 54.1 Å². The molecule has 1 aliphatic heterocycles. The first-order valence-electron chi connectivity index (χ1n) is 9.16. The number of nitrogens with zero attached hydrogens (tertiary/aromatic N) is 2. The number of fused-ring (bicyclic) bond motifs is 1. The van der Waals surface area contributed by atoms with Gasteiger partial charge in [0, 0.05) is 12.1 Å². The molecular weight excluding hydrogens is 328 g/mol. The number of aromatic nitrogens is 1. The summed E-state index contributed by atoms with van der Waals surface area (Å²) in [6.45, 7) is 3.35. The predicted octanol–water partition coefficient (Wildman–Crippen LogP) is 4.87. The van der Waals surface area contributed by atoms with Crippen molar-refractivity contribution in [3.63, 3.8) is 0 Å². The number of benzene rings is 2. The molecule has 1 fully saturated rings. The topological polar surface area (TPSA) is 36.4 Å². The zero-order chi connectivity index (χ0) is 17.1. The van der Waals surface area contributed by atoms with Crippen LogP contribution in [-0.4, -0.2) is 34.6 Å². The summed E-state index contributed by atoms with van der Waals surface area (Å²) < 4.78 is 1.15. The zero-order valence-corrected chi connectivity index (χ0v) is 15.2. The first-order valence-corrected chi connectivity index (χ1v) is 9.97. The van der Waals surface area contributed by atoms with Crippen molar-refractivity contribution in [2.45, 2.75) is 31.8 Å². The average Bonchev–Trinajstić information content (AvgIpc) is 3.11. The first kappa shape index (κ1) is 16.7. The van der Waals surface area contributed by atoms with E-state index in [1.54, 1.807) is 11.3 Å². The highest BCUT2D eigenvalue weighted by atomic mass is 32.1. The lowest BCUT2D eigenvalue weighted by molar-refractivity contribution is 0.134. The molecule has 3 nitrogen and oxygen atoms in total. The Morgan fingerprint density at radius 1 is 1.04 bits per heavy atom. The lowest BCUT2D eigenvalue weighted by atomic mass is 10.1. The number of thiazole rings is 1. The highest BCUT2D eigenvalue weighted by molar-refractivity contribution is 7.21. The van der Waals surface area contributed by atoms with Gasteiger partial charge in [-0.1, -0.05) is 42.8 Å². The summed E-state index contributed by atoms with van der Waals surface area (Å²) in [5.74, 6) is 0. The fourth-order valence-corrected chi connectivity index (χ4v) is 4.53. The van der Waals surface area contributed by atoms with Crippen LogP contribution in [0.5, 0.6) is 0 Å². The summed E-state index contributed by atoms with van der Waals surface area (Å²) in [4.78, 5) is 7.21. The molecule has 0 aliphatic carbocycles. The quantitative estimate of drug-likeness (QED) is 0.711. The summed E-state index contributed by atoms with van der Waals surface area (Å²) in [5.41, 5.74) is 3.17. The van der Waals surface area contributed by atoms with Crippen LogP contribution in [0.4, 0.5) is 0 Å². The summed E-state index contributed by atoms with van der Waals surface area (Å²) in [6, 6.07) is 16.5. The second-order valence-corrected chi connectivity index (χ2v) is 7.85. The molecule has 1 saturated heterocycles. The lowest BCUT2D eigenvalue weighted by Crippen LogP contribution is -2.31. The minimum Gasteiger partial charge on any atom is -0.388 e. The molecule has 1 aromatic heterocycles. The normalized spacial score (nSPS) is 17.0. The van der Waals surface area contributed by atoms with Gasteiger partial charge in [0.1, 0.15) is 5.01 Å². The second-order valence-electron chi connectivity index (χ2n) is 6.82. The summed E-state index contributed by atoms with van der Waals surface area (Å²) in [6.07, 6.45) is 4.35. The van der Waals surface area contributed by atoms with Gasteiger partial charge in [0.15, 0.2) is 0 Å². The highest BCUT2D eigenvalue weighted by Gasteiger charge is 2.15. The number of hydrogen-bond donors (Lipinski definition) is 1. The molecule has 130 valence electrons. The van der Waals surface area contributed by atoms with Crippen molar-refractivity contribution in [2.75, 3.05) is 19.6 Å². The van der Waals surface area contributed by atoms with Crippen molar-refractivity contribution >= 4 is 21.6 Å². The first-order chi connectivity index (χ1) is 12.3. The molecule has 3 aromatic rings. The predicted molar refractivity (Wildman–Crippen MR) is 105 cm³/mol. The minimum atomic E-state index is -0.395. The van der Waals surface area contributed by atoms with Gasteiger partial charge < -0.3 is 10.0 Å². The van der Waals surface area contributed by atoms with Crippen molar-refractivity contribution in [3.8, 4) is 10.6 Å². The second kappa shape index (κ2) is 7.65. The summed E-state index contributed by atoms with van der Waals surface area (Å²) >= 11 is 1.70. The third kappa shape index (κ3) is 3.92. The Balaban J connectivity index is 1.48.